The van der Waals surface area contributed by atoms with Gasteiger partial charge in [0.1, 0.15) is 12.1 Å². The second kappa shape index (κ2) is 11.7. The highest BCUT2D eigenvalue weighted by Crippen LogP contribution is 2.38. The van der Waals surface area contributed by atoms with Crippen LogP contribution in [0.1, 0.15) is 34.0 Å². The molecule has 2 N–H and O–H groups in total. The second-order valence-electron chi connectivity index (χ2n) is 9.81. The van der Waals surface area contributed by atoms with E-state index in [2.05, 4.69) is 32.4 Å². The van der Waals surface area contributed by atoms with Crippen LogP contribution in [0.4, 0.5) is 24.7 Å². The minimum absolute atomic E-state index is 0.0268. The first-order valence-corrected chi connectivity index (χ1v) is 13.1. The number of hydrogen-bond acceptors (Lipinski definition) is 8. The molecule has 0 bridgehead atoms. The number of fused-ring (bicyclic) bond motifs is 1. The van der Waals surface area contributed by atoms with Crippen LogP contribution in [0.15, 0.2) is 42.7 Å². The van der Waals surface area contributed by atoms with Gasteiger partial charge >= 0.3 is 6.18 Å². The van der Waals surface area contributed by atoms with Crippen LogP contribution in [0.3, 0.4) is 0 Å². The van der Waals surface area contributed by atoms with Crippen molar-refractivity contribution < 1.29 is 32.2 Å². The Kier molecular flexibility index (Phi) is 8.08. The number of hydrogen-bond donors (Lipinski definition) is 2. The number of benzene rings is 2. The van der Waals surface area contributed by atoms with E-state index in [9.17, 15) is 22.8 Å². The molecule has 0 radical (unpaired) electrons. The van der Waals surface area contributed by atoms with Crippen molar-refractivity contribution in [3.8, 4) is 17.4 Å². The van der Waals surface area contributed by atoms with Gasteiger partial charge < -0.3 is 25.0 Å². The summed E-state index contributed by atoms with van der Waals surface area (Å²) in [6, 6.07) is 8.51. The van der Waals surface area contributed by atoms with Crippen LogP contribution in [-0.4, -0.2) is 70.9 Å². The third kappa shape index (κ3) is 6.57. The zero-order valence-electron chi connectivity index (χ0n) is 22.5. The molecule has 0 saturated carbocycles. The van der Waals surface area contributed by atoms with Crippen molar-refractivity contribution in [1.82, 2.24) is 19.8 Å². The number of carbonyl (C=O) groups excluding carboxylic acids is 2. The van der Waals surface area contributed by atoms with Gasteiger partial charge in [-0.1, -0.05) is 19.1 Å². The number of nitrogens with zero attached hydrogens (tertiary/aromatic N) is 4. The molecule has 1 saturated heterocycles. The Labute approximate surface area is 234 Å². The number of piperazine rings is 1. The highest BCUT2D eigenvalue weighted by atomic mass is 19.4. The molecule has 2 aliphatic rings. The minimum Gasteiger partial charge on any atom is -0.475 e. The maximum atomic E-state index is 14.0. The van der Waals surface area contributed by atoms with E-state index in [1.54, 1.807) is 19.1 Å². The summed E-state index contributed by atoms with van der Waals surface area (Å²) in [6.07, 6.45) is -3.38. The number of aryl methyl sites for hydroxylation is 1. The molecule has 2 aliphatic heterocycles. The summed E-state index contributed by atoms with van der Waals surface area (Å²) in [6.45, 7) is 7.71. The van der Waals surface area contributed by atoms with Gasteiger partial charge in [-0.3, -0.25) is 14.5 Å². The molecular weight excluding hydrogens is 541 g/mol. The summed E-state index contributed by atoms with van der Waals surface area (Å²) in [5.74, 6) is -0.364. The standard InChI is InChI=1S/C28H29F3N6O4/c1-3-36-8-10-37(11-9-36)14-19-6-7-20(13-21(19)28(29,30)31)34-26(39)18-5-4-17(2)22(12-18)41-27-24-25(32-16-33-27)35-23(38)15-40-24/h4-7,12-13,16H,3,8-11,14-15H2,1-2H3,(H,34,39)(H,32,33,35,38). The van der Waals surface area contributed by atoms with Crippen LogP contribution in [0.5, 0.6) is 17.4 Å². The SMILES string of the molecule is CCN1CCN(Cc2ccc(NC(=O)c3ccc(C)c(Oc4ncnc5c4OCC(=O)N5)c3)cc2C(F)(F)F)CC1. The number of anilines is 2. The van der Waals surface area contributed by atoms with Gasteiger partial charge in [-0.15, -0.1) is 0 Å². The number of rotatable bonds is 7. The summed E-state index contributed by atoms with van der Waals surface area (Å²) >= 11 is 0. The van der Waals surface area contributed by atoms with Crippen molar-refractivity contribution >= 4 is 23.3 Å². The number of likely N-dealkylation sites (N-methyl/N-ethyl adjacent to an activating group) is 1. The van der Waals surface area contributed by atoms with Crippen molar-refractivity contribution in [2.45, 2.75) is 26.6 Å². The van der Waals surface area contributed by atoms with Gasteiger partial charge in [0.05, 0.1) is 5.56 Å². The first-order valence-electron chi connectivity index (χ1n) is 13.1. The van der Waals surface area contributed by atoms with Gasteiger partial charge in [-0.05, 0) is 48.9 Å². The third-order valence-corrected chi connectivity index (χ3v) is 7.01. The van der Waals surface area contributed by atoms with Crippen molar-refractivity contribution in [2.75, 3.05) is 50.0 Å². The van der Waals surface area contributed by atoms with E-state index in [1.165, 1.54) is 24.5 Å². The molecule has 1 aromatic heterocycles. The molecule has 2 amide bonds. The molecule has 13 heteroatoms. The Bertz CT molecular complexity index is 1460. The summed E-state index contributed by atoms with van der Waals surface area (Å²) < 4.78 is 53.3. The fourth-order valence-electron chi connectivity index (χ4n) is 4.67. The van der Waals surface area contributed by atoms with E-state index in [0.717, 1.165) is 25.7 Å². The summed E-state index contributed by atoms with van der Waals surface area (Å²) in [5, 5.41) is 5.13. The number of nitrogens with one attached hydrogen (secondary N) is 2. The highest BCUT2D eigenvalue weighted by Gasteiger charge is 2.34. The number of halogens is 3. The molecule has 0 aliphatic carbocycles. The Balaban J connectivity index is 1.32. The normalized spacial score (nSPS) is 16.0. The summed E-state index contributed by atoms with van der Waals surface area (Å²) in [5.41, 5.74) is 0.241. The van der Waals surface area contributed by atoms with E-state index >= 15 is 0 Å². The largest absolute Gasteiger partial charge is 0.475 e. The molecule has 1 fully saturated rings. The molecule has 3 heterocycles. The molecule has 0 spiro atoms. The lowest BCUT2D eigenvalue weighted by atomic mass is 10.0. The van der Waals surface area contributed by atoms with Crippen LogP contribution in [-0.2, 0) is 17.5 Å². The average Bonchev–Trinajstić information content (AvgIpc) is 2.94. The molecule has 41 heavy (non-hydrogen) atoms. The van der Waals surface area contributed by atoms with Gasteiger partial charge in [-0.2, -0.15) is 18.2 Å². The van der Waals surface area contributed by atoms with Crippen molar-refractivity contribution in [3.63, 3.8) is 0 Å². The van der Waals surface area contributed by atoms with Crippen molar-refractivity contribution in [1.29, 1.82) is 0 Å². The predicted molar refractivity (Wildman–Crippen MR) is 144 cm³/mol. The van der Waals surface area contributed by atoms with E-state index in [1.807, 2.05) is 4.90 Å². The number of aromatic nitrogens is 2. The number of alkyl halides is 3. The molecule has 5 rings (SSSR count). The van der Waals surface area contributed by atoms with Gasteiger partial charge in [-0.25, -0.2) is 4.98 Å². The first kappa shape index (κ1) is 28.3. The molecular formula is C28H29F3N6O4. The average molecular weight is 571 g/mol. The fourth-order valence-corrected chi connectivity index (χ4v) is 4.67. The van der Waals surface area contributed by atoms with E-state index in [4.69, 9.17) is 9.47 Å². The lowest BCUT2D eigenvalue weighted by Gasteiger charge is -2.34. The van der Waals surface area contributed by atoms with Crippen LogP contribution in [0, 0.1) is 6.92 Å². The lowest BCUT2D eigenvalue weighted by Crippen LogP contribution is -2.45. The molecule has 0 unspecified atom stereocenters. The zero-order chi connectivity index (χ0) is 29.1. The predicted octanol–water partition coefficient (Wildman–Crippen LogP) is 4.32. The molecule has 216 valence electrons. The Morgan fingerprint density at radius 3 is 2.59 bits per heavy atom. The third-order valence-electron chi connectivity index (χ3n) is 7.01. The van der Waals surface area contributed by atoms with E-state index < -0.39 is 17.6 Å². The van der Waals surface area contributed by atoms with E-state index in [0.29, 0.717) is 18.7 Å². The Morgan fingerprint density at radius 1 is 1.10 bits per heavy atom. The summed E-state index contributed by atoms with van der Waals surface area (Å²) in [7, 11) is 0. The van der Waals surface area contributed by atoms with E-state index in [-0.39, 0.29) is 59.1 Å². The van der Waals surface area contributed by atoms with Crippen molar-refractivity contribution in [3.05, 3.63) is 65.0 Å². The second-order valence-corrected chi connectivity index (χ2v) is 9.81. The molecule has 10 nitrogen and oxygen atoms in total. The quantitative estimate of drug-likeness (QED) is 0.433. The van der Waals surface area contributed by atoms with Gasteiger partial charge in [0.25, 0.3) is 17.7 Å². The molecule has 0 atom stereocenters. The molecule has 3 aromatic rings. The van der Waals surface area contributed by atoms with Gasteiger partial charge in [0, 0.05) is 44.0 Å². The summed E-state index contributed by atoms with van der Waals surface area (Å²) in [4.78, 5) is 36.9. The monoisotopic (exact) mass is 570 g/mol. The van der Waals surface area contributed by atoms with Crippen LogP contribution >= 0.6 is 0 Å². The minimum atomic E-state index is -4.58. The van der Waals surface area contributed by atoms with Crippen LogP contribution in [0.25, 0.3) is 0 Å². The smallest absolute Gasteiger partial charge is 0.416 e. The fraction of sp³-hybridized carbons (Fsp3) is 0.357. The maximum absolute atomic E-state index is 14.0. The topological polar surface area (TPSA) is 109 Å². The van der Waals surface area contributed by atoms with Gasteiger partial charge in [0.2, 0.25) is 5.75 Å². The number of carbonyl (C=O) groups is 2. The van der Waals surface area contributed by atoms with Crippen LogP contribution in [0.2, 0.25) is 0 Å². The Hall–Kier alpha value is -4.23. The Morgan fingerprint density at radius 2 is 1.85 bits per heavy atom. The lowest BCUT2D eigenvalue weighted by molar-refractivity contribution is -0.138. The van der Waals surface area contributed by atoms with Crippen molar-refractivity contribution in [2.24, 2.45) is 0 Å². The number of ether oxygens (including phenoxy) is 2. The maximum Gasteiger partial charge on any atom is 0.416 e. The number of amides is 2. The first-order chi connectivity index (χ1) is 19.6. The highest BCUT2D eigenvalue weighted by molar-refractivity contribution is 6.04. The zero-order valence-corrected chi connectivity index (χ0v) is 22.5. The van der Waals surface area contributed by atoms with Crippen LogP contribution < -0.4 is 20.1 Å². The molecule has 2 aromatic carbocycles. The van der Waals surface area contributed by atoms with Gasteiger partial charge in [0.15, 0.2) is 12.4 Å².